The van der Waals surface area contributed by atoms with E-state index in [9.17, 15) is 9.59 Å². The van der Waals surface area contributed by atoms with Gasteiger partial charge >= 0.3 is 0 Å². The summed E-state index contributed by atoms with van der Waals surface area (Å²) in [5, 5.41) is 3.53. The minimum absolute atomic E-state index is 0.0593. The first-order valence-corrected chi connectivity index (χ1v) is 11.9. The second kappa shape index (κ2) is 7.79. The SMILES string of the molecule is Cc1c(C(=O)Nc2ccc3c(c2)OCCO3)oc2ccc3c(c12)C(=O)CC1(CCC(C)CC1)O3. The molecule has 176 valence electrons. The molecule has 2 aliphatic heterocycles. The van der Waals surface area contributed by atoms with E-state index in [0.717, 1.165) is 25.7 Å². The second-order valence-electron chi connectivity index (χ2n) is 9.75. The van der Waals surface area contributed by atoms with Gasteiger partial charge in [-0.15, -0.1) is 0 Å². The third-order valence-corrected chi connectivity index (χ3v) is 7.34. The molecule has 0 radical (unpaired) electrons. The van der Waals surface area contributed by atoms with Crippen LogP contribution in [0.15, 0.2) is 34.7 Å². The number of hydrogen-bond donors (Lipinski definition) is 1. The van der Waals surface area contributed by atoms with Gasteiger partial charge in [0, 0.05) is 22.7 Å². The van der Waals surface area contributed by atoms with Crippen molar-refractivity contribution in [1.29, 1.82) is 0 Å². The summed E-state index contributed by atoms with van der Waals surface area (Å²) in [5.41, 5.74) is 1.84. The average Bonchev–Trinajstić information content (AvgIpc) is 3.17. The zero-order valence-electron chi connectivity index (χ0n) is 19.4. The number of ether oxygens (including phenoxy) is 3. The highest BCUT2D eigenvalue weighted by molar-refractivity contribution is 6.14. The highest BCUT2D eigenvalue weighted by Gasteiger charge is 2.43. The lowest BCUT2D eigenvalue weighted by Gasteiger charge is -2.42. The van der Waals surface area contributed by atoms with Gasteiger partial charge in [0.05, 0.1) is 12.0 Å². The first-order chi connectivity index (χ1) is 16.4. The van der Waals surface area contributed by atoms with Gasteiger partial charge in [-0.2, -0.15) is 0 Å². The number of furan rings is 1. The summed E-state index contributed by atoms with van der Waals surface area (Å²) in [7, 11) is 0. The van der Waals surface area contributed by atoms with Crippen molar-refractivity contribution in [3.8, 4) is 17.2 Å². The number of carbonyl (C=O) groups excluding carboxylic acids is 2. The third-order valence-electron chi connectivity index (χ3n) is 7.34. The molecule has 7 nitrogen and oxygen atoms in total. The molecule has 6 rings (SSSR count). The third kappa shape index (κ3) is 3.42. The number of aryl methyl sites for hydroxylation is 1. The highest BCUT2D eigenvalue weighted by atomic mass is 16.6. The van der Waals surface area contributed by atoms with E-state index >= 15 is 0 Å². The molecule has 2 aromatic carbocycles. The fraction of sp³-hybridized carbons (Fsp3) is 0.407. The molecule has 3 aliphatic rings. The molecule has 1 saturated carbocycles. The van der Waals surface area contributed by atoms with Crippen molar-refractivity contribution in [3.63, 3.8) is 0 Å². The number of benzene rings is 2. The van der Waals surface area contributed by atoms with Gasteiger partial charge in [0.1, 0.15) is 30.1 Å². The molecular formula is C27H27NO6. The Kier molecular flexibility index (Phi) is 4.83. The average molecular weight is 462 g/mol. The monoisotopic (exact) mass is 461 g/mol. The van der Waals surface area contributed by atoms with Crippen LogP contribution in [0.2, 0.25) is 0 Å². The minimum atomic E-state index is -0.402. The molecule has 0 atom stereocenters. The van der Waals surface area contributed by atoms with Crippen LogP contribution >= 0.6 is 0 Å². The molecule has 1 aromatic heterocycles. The van der Waals surface area contributed by atoms with Crippen molar-refractivity contribution in [1.82, 2.24) is 0 Å². The Morgan fingerprint density at radius 1 is 1.03 bits per heavy atom. The molecule has 1 spiro atoms. The Morgan fingerprint density at radius 2 is 1.76 bits per heavy atom. The summed E-state index contributed by atoms with van der Waals surface area (Å²) in [6.45, 7) is 5.03. The lowest BCUT2D eigenvalue weighted by molar-refractivity contribution is 0.00430. The number of amides is 1. The normalized spacial score (nSPS) is 23.5. The number of Topliss-reactive ketones (excluding diaryl/α,β-unsaturated/α-hetero) is 1. The number of hydrogen-bond acceptors (Lipinski definition) is 6. The van der Waals surface area contributed by atoms with Crippen molar-refractivity contribution >= 4 is 28.3 Å². The Morgan fingerprint density at radius 3 is 2.56 bits per heavy atom. The van der Waals surface area contributed by atoms with Crippen molar-refractivity contribution in [2.75, 3.05) is 18.5 Å². The predicted molar refractivity (Wildman–Crippen MR) is 126 cm³/mol. The van der Waals surface area contributed by atoms with Gasteiger partial charge in [-0.05, 0) is 62.8 Å². The molecule has 3 heterocycles. The van der Waals surface area contributed by atoms with E-state index in [4.69, 9.17) is 18.6 Å². The molecule has 1 aliphatic carbocycles. The molecule has 0 bridgehead atoms. The van der Waals surface area contributed by atoms with E-state index in [-0.39, 0.29) is 17.5 Å². The second-order valence-corrected chi connectivity index (χ2v) is 9.75. The maximum atomic E-state index is 13.4. The molecule has 1 N–H and O–H groups in total. The van der Waals surface area contributed by atoms with Gasteiger partial charge in [0.25, 0.3) is 5.91 Å². The molecule has 7 heteroatoms. The molecule has 1 amide bonds. The van der Waals surface area contributed by atoms with Crippen LogP contribution in [-0.2, 0) is 0 Å². The van der Waals surface area contributed by atoms with E-state index < -0.39 is 5.60 Å². The zero-order valence-corrected chi connectivity index (χ0v) is 19.4. The van der Waals surface area contributed by atoms with E-state index in [1.54, 1.807) is 30.3 Å². The molecule has 34 heavy (non-hydrogen) atoms. The fourth-order valence-electron chi connectivity index (χ4n) is 5.43. The van der Waals surface area contributed by atoms with E-state index in [1.807, 2.05) is 6.92 Å². The summed E-state index contributed by atoms with van der Waals surface area (Å²) in [5.74, 6) is 2.36. The van der Waals surface area contributed by atoms with Crippen LogP contribution in [0.1, 0.15) is 65.5 Å². The standard InChI is InChI=1S/C27H27NO6/c1-15-7-9-27(10-8-15)14-18(29)24-21(34-27)6-5-20-23(24)16(2)25(33-20)26(30)28-17-3-4-19-22(13-17)32-12-11-31-19/h3-6,13,15H,7-12,14H2,1-2H3,(H,28,30). The van der Waals surface area contributed by atoms with Crippen LogP contribution < -0.4 is 19.5 Å². The summed E-state index contributed by atoms with van der Waals surface area (Å²) >= 11 is 0. The smallest absolute Gasteiger partial charge is 0.291 e. The molecular weight excluding hydrogens is 434 g/mol. The summed E-state index contributed by atoms with van der Waals surface area (Å²) in [6.07, 6.45) is 4.30. The van der Waals surface area contributed by atoms with E-state index in [0.29, 0.717) is 70.6 Å². The predicted octanol–water partition coefficient (Wildman–Crippen LogP) is 5.68. The first-order valence-electron chi connectivity index (χ1n) is 11.9. The maximum absolute atomic E-state index is 13.4. The summed E-state index contributed by atoms with van der Waals surface area (Å²) in [6, 6.07) is 8.85. The summed E-state index contributed by atoms with van der Waals surface area (Å²) < 4.78 is 23.5. The van der Waals surface area contributed by atoms with E-state index in [1.165, 1.54) is 0 Å². The largest absolute Gasteiger partial charge is 0.486 e. The van der Waals surface area contributed by atoms with Crippen LogP contribution in [0.4, 0.5) is 5.69 Å². The lowest BCUT2D eigenvalue weighted by atomic mass is 9.74. The van der Waals surface area contributed by atoms with Gasteiger partial charge in [-0.1, -0.05) is 6.92 Å². The van der Waals surface area contributed by atoms with Crippen molar-refractivity contribution in [3.05, 3.63) is 47.2 Å². The van der Waals surface area contributed by atoms with Crippen LogP contribution in [0.3, 0.4) is 0 Å². The Labute approximate surface area is 197 Å². The quantitative estimate of drug-likeness (QED) is 0.528. The topological polar surface area (TPSA) is 87.0 Å². The minimum Gasteiger partial charge on any atom is -0.486 e. The van der Waals surface area contributed by atoms with Crippen LogP contribution in [0.5, 0.6) is 17.2 Å². The number of nitrogens with one attached hydrogen (secondary N) is 1. The maximum Gasteiger partial charge on any atom is 0.291 e. The van der Waals surface area contributed by atoms with Gasteiger partial charge in [0.15, 0.2) is 23.0 Å². The highest BCUT2D eigenvalue weighted by Crippen LogP contribution is 2.46. The summed E-state index contributed by atoms with van der Waals surface area (Å²) in [4.78, 5) is 26.5. The Hall–Kier alpha value is -3.48. The van der Waals surface area contributed by atoms with Gasteiger partial charge < -0.3 is 23.9 Å². The van der Waals surface area contributed by atoms with Gasteiger partial charge in [0.2, 0.25) is 0 Å². The van der Waals surface area contributed by atoms with Gasteiger partial charge in [-0.25, -0.2) is 0 Å². The number of carbonyl (C=O) groups is 2. The Balaban J connectivity index is 1.32. The first kappa shape index (κ1) is 21.1. The van der Waals surface area contributed by atoms with Crippen molar-refractivity contribution < 1.29 is 28.2 Å². The van der Waals surface area contributed by atoms with Crippen molar-refractivity contribution in [2.24, 2.45) is 5.92 Å². The van der Waals surface area contributed by atoms with Crippen molar-refractivity contribution in [2.45, 2.75) is 51.6 Å². The zero-order chi connectivity index (χ0) is 23.4. The molecule has 0 unspecified atom stereocenters. The molecule has 3 aromatic rings. The van der Waals surface area contributed by atoms with E-state index in [2.05, 4.69) is 12.2 Å². The number of rotatable bonds is 2. The van der Waals surface area contributed by atoms with Gasteiger partial charge in [-0.3, -0.25) is 9.59 Å². The molecule has 0 saturated heterocycles. The number of fused-ring (bicyclic) bond motifs is 4. The molecule has 1 fully saturated rings. The fourth-order valence-corrected chi connectivity index (χ4v) is 5.43. The van der Waals surface area contributed by atoms with Crippen LogP contribution in [0.25, 0.3) is 11.0 Å². The lowest BCUT2D eigenvalue weighted by Crippen LogP contribution is -2.44. The number of anilines is 1. The number of ketones is 1. The van der Waals surface area contributed by atoms with Crippen LogP contribution in [0, 0.1) is 12.8 Å². The Bertz CT molecular complexity index is 1310. The van der Waals surface area contributed by atoms with Crippen LogP contribution in [-0.4, -0.2) is 30.5 Å².